The molecule has 5 nitrogen and oxygen atoms in total. The Hall–Kier alpha value is -0.200. The summed E-state index contributed by atoms with van der Waals surface area (Å²) in [6.07, 6.45) is 6.44. The SMILES string of the molecule is NC1CCC(OCCO)C1.OC1(O)CCCC1. The minimum Gasteiger partial charge on any atom is -0.394 e. The first kappa shape index (κ1) is 14.9. The summed E-state index contributed by atoms with van der Waals surface area (Å²) in [6, 6.07) is 0.323. The van der Waals surface area contributed by atoms with E-state index in [1.165, 1.54) is 0 Å². The Bertz CT molecular complexity index is 203. The fourth-order valence-corrected chi connectivity index (χ4v) is 2.29. The molecule has 0 aromatic carbocycles. The molecule has 0 heterocycles. The van der Waals surface area contributed by atoms with Crippen molar-refractivity contribution in [3.63, 3.8) is 0 Å². The highest BCUT2D eigenvalue weighted by molar-refractivity contribution is 4.77. The molecule has 0 aromatic heterocycles. The molecule has 2 unspecified atom stereocenters. The van der Waals surface area contributed by atoms with Crippen LogP contribution >= 0.6 is 0 Å². The number of aliphatic hydroxyl groups is 3. The van der Waals surface area contributed by atoms with E-state index in [0.717, 1.165) is 32.1 Å². The quantitative estimate of drug-likeness (QED) is 0.531. The van der Waals surface area contributed by atoms with Gasteiger partial charge in [-0.25, -0.2) is 0 Å². The first-order valence-corrected chi connectivity index (χ1v) is 6.46. The summed E-state index contributed by atoms with van der Waals surface area (Å²) in [5, 5.41) is 25.9. The molecule has 0 aliphatic heterocycles. The lowest BCUT2D eigenvalue weighted by Crippen LogP contribution is -2.21. The van der Waals surface area contributed by atoms with Crippen LogP contribution in [-0.2, 0) is 4.74 Å². The van der Waals surface area contributed by atoms with Crippen LogP contribution in [0.2, 0.25) is 0 Å². The molecule has 0 amide bonds. The van der Waals surface area contributed by atoms with Gasteiger partial charge in [0.15, 0.2) is 5.79 Å². The van der Waals surface area contributed by atoms with Crippen LogP contribution in [0.25, 0.3) is 0 Å². The monoisotopic (exact) mass is 247 g/mol. The Morgan fingerprint density at radius 2 is 1.82 bits per heavy atom. The minimum absolute atomic E-state index is 0.117. The summed E-state index contributed by atoms with van der Waals surface area (Å²) in [4.78, 5) is 0. The Balaban J connectivity index is 0.000000181. The number of rotatable bonds is 3. The summed E-state index contributed by atoms with van der Waals surface area (Å²) in [5.74, 6) is -1.31. The average molecular weight is 247 g/mol. The molecule has 0 aromatic rings. The molecule has 0 radical (unpaired) electrons. The molecule has 102 valence electrons. The maximum Gasteiger partial charge on any atom is 0.162 e. The van der Waals surface area contributed by atoms with Gasteiger partial charge < -0.3 is 25.8 Å². The van der Waals surface area contributed by atoms with Crippen LogP contribution in [0.4, 0.5) is 0 Å². The lowest BCUT2D eigenvalue weighted by atomic mass is 10.2. The summed E-state index contributed by atoms with van der Waals surface area (Å²) in [6.45, 7) is 0.573. The van der Waals surface area contributed by atoms with E-state index in [0.29, 0.717) is 31.6 Å². The van der Waals surface area contributed by atoms with Gasteiger partial charge in [-0.1, -0.05) is 0 Å². The summed E-state index contributed by atoms with van der Waals surface area (Å²) < 4.78 is 5.29. The standard InChI is InChI=1S/C7H15NO2.C5H10O2/c8-6-1-2-7(5-6)10-4-3-9;6-5(7)3-1-2-4-5/h6-7,9H,1-5,8H2;6-7H,1-4H2. The van der Waals surface area contributed by atoms with E-state index in [4.69, 9.17) is 25.8 Å². The fraction of sp³-hybridized carbons (Fsp3) is 1.00. The number of ether oxygens (including phenoxy) is 1. The van der Waals surface area contributed by atoms with E-state index >= 15 is 0 Å². The molecule has 2 rings (SSSR count). The summed E-state index contributed by atoms with van der Waals surface area (Å²) >= 11 is 0. The molecule has 0 spiro atoms. The van der Waals surface area contributed by atoms with Gasteiger partial charge in [0.2, 0.25) is 0 Å². The van der Waals surface area contributed by atoms with Gasteiger partial charge in [-0.3, -0.25) is 0 Å². The van der Waals surface area contributed by atoms with E-state index in [9.17, 15) is 0 Å². The van der Waals surface area contributed by atoms with Crippen molar-refractivity contribution in [3.05, 3.63) is 0 Å². The zero-order valence-corrected chi connectivity index (χ0v) is 10.3. The number of hydrogen-bond acceptors (Lipinski definition) is 5. The highest BCUT2D eigenvalue weighted by Gasteiger charge is 2.26. The number of nitrogens with two attached hydrogens (primary N) is 1. The molecule has 2 atom stereocenters. The van der Waals surface area contributed by atoms with Gasteiger partial charge in [0.05, 0.1) is 19.3 Å². The highest BCUT2D eigenvalue weighted by atomic mass is 16.5. The Labute approximate surface area is 103 Å². The van der Waals surface area contributed by atoms with Crippen LogP contribution in [0, 0.1) is 0 Å². The predicted molar refractivity (Wildman–Crippen MR) is 64.3 cm³/mol. The molecule has 0 bridgehead atoms. The second-order valence-electron chi connectivity index (χ2n) is 4.98. The van der Waals surface area contributed by atoms with Gasteiger partial charge >= 0.3 is 0 Å². The van der Waals surface area contributed by atoms with Gasteiger partial charge in [0.1, 0.15) is 0 Å². The van der Waals surface area contributed by atoms with Crippen LogP contribution in [0.1, 0.15) is 44.9 Å². The van der Waals surface area contributed by atoms with Gasteiger partial charge in [-0.05, 0) is 32.1 Å². The van der Waals surface area contributed by atoms with E-state index in [-0.39, 0.29) is 6.61 Å². The Kier molecular flexibility index (Phi) is 6.37. The van der Waals surface area contributed by atoms with E-state index in [1.807, 2.05) is 0 Å². The van der Waals surface area contributed by atoms with Crippen LogP contribution in [-0.4, -0.2) is 46.5 Å². The first-order chi connectivity index (χ1) is 8.03. The first-order valence-electron chi connectivity index (χ1n) is 6.46. The molecule has 2 aliphatic rings. The van der Waals surface area contributed by atoms with Crippen LogP contribution < -0.4 is 5.73 Å². The van der Waals surface area contributed by atoms with Crippen molar-refractivity contribution < 1.29 is 20.1 Å². The smallest absolute Gasteiger partial charge is 0.162 e. The van der Waals surface area contributed by atoms with Crippen molar-refractivity contribution in [2.45, 2.75) is 62.9 Å². The minimum atomic E-state index is -1.31. The van der Waals surface area contributed by atoms with Crippen molar-refractivity contribution >= 4 is 0 Å². The molecule has 0 saturated heterocycles. The average Bonchev–Trinajstić information content (AvgIpc) is 2.85. The highest BCUT2D eigenvalue weighted by Crippen LogP contribution is 2.25. The molecule has 2 saturated carbocycles. The van der Waals surface area contributed by atoms with Crippen LogP contribution in [0.5, 0.6) is 0 Å². The third kappa shape index (κ3) is 6.33. The predicted octanol–water partition coefficient (Wildman–Crippen LogP) is 0.116. The lowest BCUT2D eigenvalue weighted by molar-refractivity contribution is -0.152. The van der Waals surface area contributed by atoms with E-state index < -0.39 is 5.79 Å². The third-order valence-corrected chi connectivity index (χ3v) is 3.27. The largest absolute Gasteiger partial charge is 0.394 e. The van der Waals surface area contributed by atoms with Gasteiger partial charge in [-0.2, -0.15) is 0 Å². The van der Waals surface area contributed by atoms with Crippen LogP contribution in [0.15, 0.2) is 0 Å². The molecular formula is C12H25NO4. The van der Waals surface area contributed by atoms with Crippen molar-refractivity contribution in [2.75, 3.05) is 13.2 Å². The second kappa shape index (κ2) is 7.28. The molecule has 5 heteroatoms. The molecule has 17 heavy (non-hydrogen) atoms. The zero-order valence-electron chi connectivity index (χ0n) is 10.3. The number of aliphatic hydroxyl groups excluding tert-OH is 1. The molecule has 2 fully saturated rings. The third-order valence-electron chi connectivity index (χ3n) is 3.27. The van der Waals surface area contributed by atoms with Gasteiger partial charge in [-0.15, -0.1) is 0 Å². The van der Waals surface area contributed by atoms with Gasteiger partial charge in [0, 0.05) is 18.9 Å². The fourth-order valence-electron chi connectivity index (χ4n) is 2.29. The van der Waals surface area contributed by atoms with E-state index in [1.54, 1.807) is 0 Å². The van der Waals surface area contributed by atoms with Crippen molar-refractivity contribution in [1.29, 1.82) is 0 Å². The second-order valence-corrected chi connectivity index (χ2v) is 4.98. The zero-order chi connectivity index (χ0) is 12.7. The van der Waals surface area contributed by atoms with Crippen molar-refractivity contribution in [2.24, 2.45) is 5.73 Å². The number of hydrogen-bond donors (Lipinski definition) is 4. The van der Waals surface area contributed by atoms with Gasteiger partial charge in [0.25, 0.3) is 0 Å². The molecule has 2 aliphatic carbocycles. The topological polar surface area (TPSA) is 95.9 Å². The maximum absolute atomic E-state index is 8.75. The normalized spacial score (nSPS) is 31.1. The Morgan fingerprint density at radius 3 is 2.18 bits per heavy atom. The maximum atomic E-state index is 8.75. The van der Waals surface area contributed by atoms with Crippen molar-refractivity contribution in [1.82, 2.24) is 0 Å². The molecular weight excluding hydrogens is 222 g/mol. The summed E-state index contributed by atoms with van der Waals surface area (Å²) in [7, 11) is 0. The van der Waals surface area contributed by atoms with Crippen LogP contribution in [0.3, 0.4) is 0 Å². The lowest BCUT2D eigenvalue weighted by Gasteiger charge is -2.11. The van der Waals surface area contributed by atoms with Crippen molar-refractivity contribution in [3.8, 4) is 0 Å². The Morgan fingerprint density at radius 1 is 1.18 bits per heavy atom. The van der Waals surface area contributed by atoms with E-state index in [2.05, 4.69) is 0 Å². The summed E-state index contributed by atoms with van der Waals surface area (Å²) in [5.41, 5.74) is 5.65. The molecule has 5 N–H and O–H groups in total.